The summed E-state index contributed by atoms with van der Waals surface area (Å²) < 4.78 is 0. The number of carbonyl (C=O) groups excluding carboxylic acids is 1. The number of nitrogens with one attached hydrogen (secondary N) is 1. The maximum atomic E-state index is 13.0. The van der Waals surface area contributed by atoms with Gasteiger partial charge in [0.1, 0.15) is 32.9 Å². The monoisotopic (exact) mass is 475 g/mol. The van der Waals surface area contributed by atoms with Crippen LogP contribution in [0.2, 0.25) is 0 Å². The molecule has 0 aliphatic rings. The van der Waals surface area contributed by atoms with E-state index in [1.54, 1.807) is 6.20 Å². The van der Waals surface area contributed by atoms with Gasteiger partial charge in [0, 0.05) is 27.4 Å². The second-order valence-electron chi connectivity index (χ2n) is 6.57. The second kappa shape index (κ2) is 8.01. The number of nitriles is 1. The molecule has 156 valence electrons. The molecule has 0 aromatic carbocycles. The first-order valence-electron chi connectivity index (χ1n) is 9.20. The zero-order chi connectivity index (χ0) is 22.2. The van der Waals surface area contributed by atoms with Crippen molar-refractivity contribution in [3.8, 4) is 27.9 Å². The van der Waals surface area contributed by atoms with E-state index in [2.05, 4.69) is 26.3 Å². The lowest BCUT2D eigenvalue weighted by molar-refractivity contribution is 0.103. The number of fused-ring (bicyclic) bond motifs is 1. The number of aromatic nitrogens is 3. The fourth-order valence-electron chi connectivity index (χ4n) is 3.24. The number of carbonyl (C=O) groups is 1. The van der Waals surface area contributed by atoms with Gasteiger partial charge in [0.25, 0.3) is 5.91 Å². The number of nitrogens with two attached hydrogens (primary N) is 2. The van der Waals surface area contributed by atoms with Gasteiger partial charge < -0.3 is 11.5 Å². The first-order chi connectivity index (χ1) is 15.6. The molecule has 0 aliphatic heterocycles. The molecular formula is C21H13N7OS3. The van der Waals surface area contributed by atoms with Crippen LogP contribution < -0.4 is 16.8 Å². The number of nitrogen functional groups attached to an aromatic ring is 2. The standard InChI is InChI=1S/C21H13N7OS3/c22-8-10-14(13-5-3-7-30-13)15-16(23)17(32-20(15)27-18(10)24)19(29)28-21-26-12(9-31-21)11-4-1-2-6-25-11/h1-7,9H,23H2,(H2,24,27)(H,26,28,29). The normalized spacial score (nSPS) is 10.8. The predicted molar refractivity (Wildman–Crippen MR) is 130 cm³/mol. The molecule has 0 unspecified atom stereocenters. The molecule has 0 aliphatic carbocycles. The number of pyridine rings is 2. The Kier molecular flexibility index (Phi) is 5.02. The maximum Gasteiger partial charge on any atom is 0.269 e. The van der Waals surface area contributed by atoms with Crippen molar-refractivity contribution >= 4 is 66.8 Å². The topological polar surface area (TPSA) is 144 Å². The van der Waals surface area contributed by atoms with Crippen LogP contribution in [0.15, 0.2) is 47.3 Å². The van der Waals surface area contributed by atoms with E-state index in [1.165, 1.54) is 22.7 Å². The molecule has 5 rings (SSSR count). The smallest absolute Gasteiger partial charge is 0.269 e. The van der Waals surface area contributed by atoms with E-state index in [9.17, 15) is 10.1 Å². The third-order valence-electron chi connectivity index (χ3n) is 4.64. The van der Waals surface area contributed by atoms with Crippen molar-refractivity contribution in [2.45, 2.75) is 0 Å². The second-order valence-corrected chi connectivity index (χ2v) is 9.37. The number of thiazole rings is 1. The molecule has 0 radical (unpaired) electrons. The predicted octanol–water partition coefficient (Wildman–Crippen LogP) is 4.83. The quantitative estimate of drug-likeness (QED) is 0.337. The highest BCUT2D eigenvalue weighted by atomic mass is 32.1. The molecule has 0 fully saturated rings. The molecule has 0 bridgehead atoms. The number of hydrogen-bond acceptors (Lipinski definition) is 10. The van der Waals surface area contributed by atoms with Gasteiger partial charge in [-0.25, -0.2) is 9.97 Å². The minimum atomic E-state index is -0.401. The van der Waals surface area contributed by atoms with Gasteiger partial charge in [0.05, 0.1) is 11.4 Å². The lowest BCUT2D eigenvalue weighted by Crippen LogP contribution is -2.11. The van der Waals surface area contributed by atoms with Crippen LogP contribution in [-0.4, -0.2) is 20.9 Å². The van der Waals surface area contributed by atoms with Crippen LogP contribution in [0.5, 0.6) is 0 Å². The van der Waals surface area contributed by atoms with Crippen LogP contribution in [0, 0.1) is 11.3 Å². The molecule has 0 saturated heterocycles. The molecule has 0 spiro atoms. The number of thiophene rings is 2. The van der Waals surface area contributed by atoms with E-state index >= 15 is 0 Å². The van der Waals surface area contributed by atoms with Crippen LogP contribution >= 0.6 is 34.0 Å². The maximum absolute atomic E-state index is 13.0. The zero-order valence-electron chi connectivity index (χ0n) is 16.2. The fourth-order valence-corrected chi connectivity index (χ4v) is 5.73. The SMILES string of the molecule is N#Cc1c(N)nc2sc(C(=O)Nc3nc(-c4ccccn4)cs3)c(N)c2c1-c1cccs1. The van der Waals surface area contributed by atoms with E-state index < -0.39 is 5.91 Å². The summed E-state index contributed by atoms with van der Waals surface area (Å²) in [6.45, 7) is 0. The van der Waals surface area contributed by atoms with Gasteiger partial charge in [-0.15, -0.1) is 34.0 Å². The molecule has 0 atom stereocenters. The lowest BCUT2D eigenvalue weighted by atomic mass is 10.0. The first-order valence-corrected chi connectivity index (χ1v) is 11.8. The average molecular weight is 476 g/mol. The molecule has 5 N–H and O–H groups in total. The Morgan fingerprint density at radius 2 is 1.97 bits per heavy atom. The number of anilines is 3. The highest BCUT2D eigenvalue weighted by Gasteiger charge is 2.25. The van der Waals surface area contributed by atoms with Crippen LogP contribution in [0.3, 0.4) is 0 Å². The largest absolute Gasteiger partial charge is 0.397 e. The highest BCUT2D eigenvalue weighted by molar-refractivity contribution is 7.21. The number of amides is 1. The minimum absolute atomic E-state index is 0.108. The van der Waals surface area contributed by atoms with Crippen molar-refractivity contribution in [2.24, 2.45) is 0 Å². The summed E-state index contributed by atoms with van der Waals surface area (Å²) in [7, 11) is 0. The number of rotatable bonds is 4. The highest BCUT2D eigenvalue weighted by Crippen LogP contribution is 2.44. The average Bonchev–Trinajstić information content (AvgIpc) is 3.54. The first kappa shape index (κ1) is 20.1. The Balaban J connectivity index is 1.55. The summed E-state index contributed by atoms with van der Waals surface area (Å²) in [5, 5.41) is 17.2. The van der Waals surface area contributed by atoms with Crippen LogP contribution in [-0.2, 0) is 0 Å². The van der Waals surface area contributed by atoms with Crippen molar-refractivity contribution in [1.82, 2.24) is 15.0 Å². The van der Waals surface area contributed by atoms with E-state index in [4.69, 9.17) is 11.5 Å². The Morgan fingerprint density at radius 1 is 1.09 bits per heavy atom. The summed E-state index contributed by atoms with van der Waals surface area (Å²) in [5.41, 5.74) is 14.9. The van der Waals surface area contributed by atoms with E-state index in [0.29, 0.717) is 26.6 Å². The van der Waals surface area contributed by atoms with E-state index in [0.717, 1.165) is 21.9 Å². The van der Waals surface area contributed by atoms with Gasteiger partial charge in [-0.3, -0.25) is 15.1 Å². The van der Waals surface area contributed by atoms with Gasteiger partial charge >= 0.3 is 0 Å². The van der Waals surface area contributed by atoms with Crippen LogP contribution in [0.4, 0.5) is 16.6 Å². The van der Waals surface area contributed by atoms with Crippen molar-refractivity contribution in [1.29, 1.82) is 5.26 Å². The number of nitrogens with zero attached hydrogens (tertiary/aromatic N) is 4. The van der Waals surface area contributed by atoms with Gasteiger partial charge in [-0.1, -0.05) is 12.1 Å². The van der Waals surface area contributed by atoms with Crippen molar-refractivity contribution in [3.63, 3.8) is 0 Å². The molecule has 5 aromatic rings. The lowest BCUT2D eigenvalue weighted by Gasteiger charge is -2.07. The summed E-state index contributed by atoms with van der Waals surface area (Å²) in [4.78, 5) is 27.7. The molecule has 32 heavy (non-hydrogen) atoms. The van der Waals surface area contributed by atoms with Crippen LogP contribution in [0.1, 0.15) is 15.2 Å². The minimum Gasteiger partial charge on any atom is -0.397 e. The fraction of sp³-hybridized carbons (Fsp3) is 0. The van der Waals surface area contributed by atoms with Gasteiger partial charge in [0.15, 0.2) is 5.13 Å². The summed E-state index contributed by atoms with van der Waals surface area (Å²) in [6.07, 6.45) is 1.68. The summed E-state index contributed by atoms with van der Waals surface area (Å²) in [5.74, 6) is -0.293. The molecule has 8 nitrogen and oxygen atoms in total. The van der Waals surface area contributed by atoms with Gasteiger partial charge in [-0.05, 0) is 23.6 Å². The third-order valence-corrected chi connectivity index (χ3v) is 7.39. The molecule has 11 heteroatoms. The molecule has 5 heterocycles. The molecular weight excluding hydrogens is 462 g/mol. The van der Waals surface area contributed by atoms with E-state index in [1.807, 2.05) is 41.1 Å². The Morgan fingerprint density at radius 3 is 2.69 bits per heavy atom. The van der Waals surface area contributed by atoms with Gasteiger partial charge in [0.2, 0.25) is 0 Å². The summed E-state index contributed by atoms with van der Waals surface area (Å²) in [6, 6.07) is 11.4. The molecule has 0 saturated carbocycles. The summed E-state index contributed by atoms with van der Waals surface area (Å²) >= 11 is 3.88. The number of hydrogen-bond donors (Lipinski definition) is 3. The molecule has 1 amide bonds. The van der Waals surface area contributed by atoms with Gasteiger partial charge in [-0.2, -0.15) is 5.26 Å². The Hall–Kier alpha value is -3.85. The Labute approximate surface area is 193 Å². The van der Waals surface area contributed by atoms with Crippen molar-refractivity contribution in [3.05, 3.63) is 57.7 Å². The third kappa shape index (κ3) is 3.36. The van der Waals surface area contributed by atoms with Crippen LogP contribution in [0.25, 0.3) is 32.0 Å². The zero-order valence-corrected chi connectivity index (χ0v) is 18.6. The van der Waals surface area contributed by atoms with Crippen molar-refractivity contribution < 1.29 is 4.79 Å². The van der Waals surface area contributed by atoms with Crippen molar-refractivity contribution in [2.75, 3.05) is 16.8 Å². The Bertz CT molecular complexity index is 1500. The van der Waals surface area contributed by atoms with E-state index in [-0.39, 0.29) is 21.9 Å². The molecule has 5 aromatic heterocycles.